The maximum absolute atomic E-state index is 13.7. The van der Waals surface area contributed by atoms with Gasteiger partial charge in [-0.2, -0.15) is 5.10 Å². The zero-order valence-corrected chi connectivity index (χ0v) is 16.8. The van der Waals surface area contributed by atoms with Gasteiger partial charge in [-0.05, 0) is 38.0 Å². The van der Waals surface area contributed by atoms with E-state index in [9.17, 15) is 4.39 Å². The van der Waals surface area contributed by atoms with Crippen molar-refractivity contribution >= 4 is 29.9 Å². The molecule has 24 heavy (non-hydrogen) atoms. The summed E-state index contributed by atoms with van der Waals surface area (Å²) >= 11 is 0. The van der Waals surface area contributed by atoms with Crippen molar-refractivity contribution in [3.05, 3.63) is 53.1 Å². The fraction of sp³-hybridized carbons (Fsp3) is 0.412. The largest absolute Gasteiger partial charge is 0.357 e. The molecular formula is C17H25FIN5. The zero-order valence-electron chi connectivity index (χ0n) is 14.5. The first-order valence-corrected chi connectivity index (χ1v) is 7.78. The van der Waals surface area contributed by atoms with Crippen LogP contribution in [0.25, 0.3) is 0 Å². The number of nitrogens with zero attached hydrogens (tertiary/aromatic N) is 3. The molecule has 0 aliphatic heterocycles. The van der Waals surface area contributed by atoms with Gasteiger partial charge in [0.2, 0.25) is 0 Å². The van der Waals surface area contributed by atoms with Crippen molar-refractivity contribution in [3.8, 4) is 0 Å². The Labute approximate surface area is 159 Å². The minimum atomic E-state index is -0.187. The van der Waals surface area contributed by atoms with Crippen LogP contribution in [0.4, 0.5) is 4.39 Å². The highest BCUT2D eigenvalue weighted by Gasteiger charge is 2.09. The first-order valence-electron chi connectivity index (χ1n) is 7.78. The van der Waals surface area contributed by atoms with Crippen LogP contribution in [-0.2, 0) is 13.6 Å². The third-order valence-electron chi connectivity index (χ3n) is 3.57. The molecule has 5 nitrogen and oxygen atoms in total. The maximum Gasteiger partial charge on any atom is 0.192 e. The Bertz CT molecular complexity index is 683. The fourth-order valence-corrected chi connectivity index (χ4v) is 2.21. The molecule has 0 amide bonds. The smallest absolute Gasteiger partial charge is 0.192 e. The van der Waals surface area contributed by atoms with Gasteiger partial charge in [-0.25, -0.2) is 9.38 Å². The molecule has 1 aromatic carbocycles. The molecule has 1 heterocycles. The predicted octanol–water partition coefficient (Wildman–Crippen LogP) is 3.30. The molecule has 1 aromatic heterocycles. The number of aromatic nitrogens is 2. The lowest BCUT2D eigenvalue weighted by Gasteiger charge is -2.18. The van der Waals surface area contributed by atoms with Crippen LogP contribution in [0.5, 0.6) is 0 Å². The summed E-state index contributed by atoms with van der Waals surface area (Å²) in [4.78, 5) is 4.55. The predicted molar refractivity (Wildman–Crippen MR) is 106 cm³/mol. The van der Waals surface area contributed by atoms with Gasteiger partial charge in [0.05, 0.1) is 18.8 Å². The topological polar surface area (TPSA) is 54.2 Å². The number of halogens is 2. The maximum atomic E-state index is 13.7. The van der Waals surface area contributed by atoms with Crippen LogP contribution in [0.2, 0.25) is 0 Å². The van der Waals surface area contributed by atoms with Gasteiger partial charge in [0.1, 0.15) is 5.82 Å². The van der Waals surface area contributed by atoms with Crippen molar-refractivity contribution in [1.29, 1.82) is 0 Å². The van der Waals surface area contributed by atoms with E-state index in [2.05, 4.69) is 20.7 Å². The third-order valence-corrected chi connectivity index (χ3v) is 3.57. The number of aliphatic imine (C=N–C) groups is 1. The minimum absolute atomic E-state index is 0. The minimum Gasteiger partial charge on any atom is -0.357 e. The number of hydrogen-bond donors (Lipinski definition) is 2. The lowest BCUT2D eigenvalue weighted by Crippen LogP contribution is -2.38. The molecule has 0 radical (unpaired) electrons. The highest BCUT2D eigenvalue weighted by atomic mass is 127. The average molecular weight is 445 g/mol. The van der Waals surface area contributed by atoms with Crippen LogP contribution < -0.4 is 10.6 Å². The summed E-state index contributed by atoms with van der Waals surface area (Å²) in [6.07, 6.45) is 3.73. The SMILES string of the molecule is CCNC(=NCc1cnn(C)c1)NC(C)c1ccc(C)c(F)c1.I. The first kappa shape index (κ1) is 20.4. The first-order chi connectivity index (χ1) is 11.0. The molecule has 132 valence electrons. The van der Waals surface area contributed by atoms with Crippen LogP contribution >= 0.6 is 24.0 Å². The molecule has 2 N–H and O–H groups in total. The molecule has 0 fully saturated rings. The van der Waals surface area contributed by atoms with E-state index in [1.807, 2.05) is 33.2 Å². The summed E-state index contributed by atoms with van der Waals surface area (Å²) in [5.74, 6) is 0.512. The lowest BCUT2D eigenvalue weighted by atomic mass is 10.1. The molecule has 0 spiro atoms. The van der Waals surface area contributed by atoms with Crippen molar-refractivity contribution < 1.29 is 4.39 Å². The fourth-order valence-electron chi connectivity index (χ4n) is 2.21. The number of rotatable bonds is 5. The van der Waals surface area contributed by atoms with Crippen molar-refractivity contribution in [2.75, 3.05) is 6.54 Å². The normalized spacial score (nSPS) is 12.5. The Morgan fingerprint density at radius 2 is 2.17 bits per heavy atom. The Kier molecular flexibility index (Phi) is 8.17. The van der Waals surface area contributed by atoms with E-state index in [4.69, 9.17) is 0 Å². The van der Waals surface area contributed by atoms with Gasteiger partial charge < -0.3 is 10.6 Å². The van der Waals surface area contributed by atoms with Gasteiger partial charge in [-0.1, -0.05) is 12.1 Å². The van der Waals surface area contributed by atoms with E-state index in [0.29, 0.717) is 18.1 Å². The highest BCUT2D eigenvalue weighted by Crippen LogP contribution is 2.16. The Balaban J connectivity index is 0.00000288. The van der Waals surface area contributed by atoms with Gasteiger partial charge in [-0.15, -0.1) is 24.0 Å². The summed E-state index contributed by atoms with van der Waals surface area (Å²) in [6.45, 7) is 7.06. The summed E-state index contributed by atoms with van der Waals surface area (Å²) in [6, 6.07) is 5.25. The number of benzene rings is 1. The van der Waals surface area contributed by atoms with E-state index in [1.54, 1.807) is 29.9 Å². The Hall–Kier alpha value is -1.64. The van der Waals surface area contributed by atoms with Gasteiger partial charge in [-0.3, -0.25) is 4.68 Å². The molecule has 0 aliphatic rings. The number of hydrogen-bond acceptors (Lipinski definition) is 2. The second-order valence-electron chi connectivity index (χ2n) is 5.59. The number of nitrogens with one attached hydrogen (secondary N) is 2. The van der Waals surface area contributed by atoms with Crippen LogP contribution in [0.15, 0.2) is 35.6 Å². The summed E-state index contributed by atoms with van der Waals surface area (Å²) in [5, 5.41) is 10.6. The Morgan fingerprint density at radius 1 is 1.42 bits per heavy atom. The average Bonchev–Trinajstić information content (AvgIpc) is 2.93. The van der Waals surface area contributed by atoms with Gasteiger partial charge in [0.15, 0.2) is 5.96 Å². The van der Waals surface area contributed by atoms with E-state index >= 15 is 0 Å². The quantitative estimate of drug-likeness (QED) is 0.422. The molecule has 1 unspecified atom stereocenters. The summed E-state index contributed by atoms with van der Waals surface area (Å²) < 4.78 is 15.5. The Morgan fingerprint density at radius 3 is 2.75 bits per heavy atom. The van der Waals surface area contributed by atoms with E-state index in [1.165, 1.54) is 0 Å². The van der Waals surface area contributed by atoms with Crippen LogP contribution in [0.1, 0.15) is 36.6 Å². The standard InChI is InChI=1S/C17H24FN5.HI/c1-5-19-17(20-9-14-10-21-23(4)11-14)22-13(3)15-7-6-12(2)16(18)8-15;/h6-8,10-11,13H,5,9H2,1-4H3,(H2,19,20,22);1H. The molecule has 0 saturated carbocycles. The van der Waals surface area contributed by atoms with Gasteiger partial charge >= 0.3 is 0 Å². The van der Waals surface area contributed by atoms with E-state index < -0.39 is 0 Å². The third kappa shape index (κ3) is 5.77. The summed E-state index contributed by atoms with van der Waals surface area (Å²) in [5.41, 5.74) is 2.58. The van der Waals surface area contributed by atoms with Crippen molar-refractivity contribution in [2.24, 2.45) is 12.0 Å². The molecular weight excluding hydrogens is 420 g/mol. The van der Waals surface area contributed by atoms with Crippen LogP contribution in [0, 0.1) is 12.7 Å². The number of guanidine groups is 1. The molecule has 1 atom stereocenters. The van der Waals surface area contributed by atoms with Gasteiger partial charge in [0.25, 0.3) is 0 Å². The lowest BCUT2D eigenvalue weighted by molar-refractivity contribution is 0.607. The molecule has 2 aromatic rings. The summed E-state index contributed by atoms with van der Waals surface area (Å²) in [7, 11) is 1.88. The van der Waals surface area contributed by atoms with Crippen molar-refractivity contribution in [1.82, 2.24) is 20.4 Å². The van der Waals surface area contributed by atoms with Crippen LogP contribution in [-0.4, -0.2) is 22.3 Å². The monoisotopic (exact) mass is 445 g/mol. The van der Waals surface area contributed by atoms with E-state index in [-0.39, 0.29) is 35.8 Å². The van der Waals surface area contributed by atoms with Gasteiger partial charge in [0, 0.05) is 25.4 Å². The second-order valence-corrected chi connectivity index (χ2v) is 5.59. The molecule has 0 saturated heterocycles. The van der Waals surface area contributed by atoms with Crippen LogP contribution in [0.3, 0.4) is 0 Å². The zero-order chi connectivity index (χ0) is 16.8. The van der Waals surface area contributed by atoms with Crippen molar-refractivity contribution in [2.45, 2.75) is 33.4 Å². The second kappa shape index (κ2) is 9.61. The molecule has 7 heteroatoms. The highest BCUT2D eigenvalue weighted by molar-refractivity contribution is 14.0. The van der Waals surface area contributed by atoms with E-state index in [0.717, 1.165) is 17.7 Å². The molecule has 0 bridgehead atoms. The molecule has 2 rings (SSSR count). The van der Waals surface area contributed by atoms with Crippen molar-refractivity contribution in [3.63, 3.8) is 0 Å². The molecule has 0 aliphatic carbocycles. The number of aryl methyl sites for hydroxylation is 2.